The van der Waals surface area contributed by atoms with Crippen molar-refractivity contribution in [1.29, 1.82) is 0 Å². The molecule has 4 atom stereocenters. The maximum Gasteiger partial charge on any atom is 0.252 e. The van der Waals surface area contributed by atoms with Gasteiger partial charge in [0.15, 0.2) is 0 Å². The van der Waals surface area contributed by atoms with Crippen molar-refractivity contribution >= 4 is 0 Å². The van der Waals surface area contributed by atoms with Crippen molar-refractivity contribution in [2.45, 2.75) is 51.4 Å². The number of ether oxygens (including phenoxy) is 3. The lowest BCUT2D eigenvalue weighted by molar-refractivity contribution is -0.226. The maximum atomic E-state index is 6.19. The second kappa shape index (κ2) is 5.01. The van der Waals surface area contributed by atoms with Crippen LogP contribution in [0, 0.1) is 22.7 Å². The Bertz CT molecular complexity index is 646. The van der Waals surface area contributed by atoms with Crippen molar-refractivity contribution in [2.75, 3.05) is 6.61 Å². The molecule has 0 aromatic heterocycles. The van der Waals surface area contributed by atoms with Crippen LogP contribution in [0.5, 0.6) is 0 Å². The van der Waals surface area contributed by atoms with Crippen LogP contribution in [0.2, 0.25) is 0 Å². The van der Waals surface area contributed by atoms with Gasteiger partial charge in [0.05, 0.1) is 18.6 Å². The monoisotopic (exact) mass is 326 g/mol. The largest absolute Gasteiger partial charge is 0.456 e. The van der Waals surface area contributed by atoms with Gasteiger partial charge in [0.25, 0.3) is 5.79 Å². The first-order valence-corrected chi connectivity index (χ1v) is 9.26. The number of rotatable bonds is 5. The molecule has 0 amide bonds. The molecule has 4 aliphatic carbocycles. The Morgan fingerprint density at radius 2 is 1.88 bits per heavy atom. The molecule has 4 bridgehead atoms. The Kier molecular flexibility index (Phi) is 3.10. The van der Waals surface area contributed by atoms with E-state index in [-0.39, 0.29) is 5.41 Å². The summed E-state index contributed by atoms with van der Waals surface area (Å²) in [4.78, 5) is 0. The van der Waals surface area contributed by atoms with Gasteiger partial charge in [0, 0.05) is 6.92 Å². The van der Waals surface area contributed by atoms with E-state index in [1.165, 1.54) is 37.7 Å². The molecule has 1 heterocycles. The van der Waals surface area contributed by atoms with Crippen molar-refractivity contribution in [3.8, 4) is 0 Å². The van der Waals surface area contributed by atoms with Gasteiger partial charge in [-0.1, -0.05) is 30.3 Å². The first-order chi connectivity index (χ1) is 11.6. The van der Waals surface area contributed by atoms with Crippen LogP contribution in [-0.2, 0) is 20.8 Å². The summed E-state index contributed by atoms with van der Waals surface area (Å²) in [5.74, 6) is 1.08. The topological polar surface area (TPSA) is 27.7 Å². The van der Waals surface area contributed by atoms with Gasteiger partial charge in [-0.3, -0.25) is 0 Å². The highest BCUT2D eigenvalue weighted by molar-refractivity contribution is 5.18. The Morgan fingerprint density at radius 1 is 1.08 bits per heavy atom. The van der Waals surface area contributed by atoms with Gasteiger partial charge in [0.2, 0.25) is 0 Å². The summed E-state index contributed by atoms with van der Waals surface area (Å²) in [5.41, 5.74) is 1.77. The van der Waals surface area contributed by atoms with Crippen LogP contribution in [0.25, 0.3) is 0 Å². The fraction of sp³-hybridized carbons (Fsp3) is 0.619. The zero-order valence-corrected chi connectivity index (χ0v) is 14.4. The van der Waals surface area contributed by atoms with Crippen molar-refractivity contribution in [3.05, 3.63) is 48.4 Å². The molecule has 0 spiro atoms. The van der Waals surface area contributed by atoms with Crippen LogP contribution >= 0.6 is 0 Å². The molecule has 3 heteroatoms. The lowest BCUT2D eigenvalue weighted by Crippen LogP contribution is -2.49. The molecule has 5 aliphatic rings. The molecule has 4 saturated carbocycles. The minimum absolute atomic E-state index is 0.176. The molecule has 6 rings (SSSR count). The first kappa shape index (κ1) is 14.8. The zero-order chi connectivity index (χ0) is 16.3. The summed E-state index contributed by atoms with van der Waals surface area (Å²) in [6, 6.07) is 10.5. The van der Waals surface area contributed by atoms with Gasteiger partial charge in [-0.05, 0) is 54.9 Å². The maximum absolute atomic E-state index is 6.19. The van der Waals surface area contributed by atoms with Crippen LogP contribution in [0.4, 0.5) is 0 Å². The third kappa shape index (κ3) is 2.00. The Hall–Kier alpha value is -1.48. The number of hydrogen-bond donors (Lipinski definition) is 0. The highest BCUT2D eigenvalue weighted by atomic mass is 16.7. The zero-order valence-electron chi connectivity index (χ0n) is 14.4. The smallest absolute Gasteiger partial charge is 0.252 e. The van der Waals surface area contributed by atoms with E-state index in [0.29, 0.717) is 5.41 Å². The molecule has 0 N–H and O–H groups in total. The van der Waals surface area contributed by atoms with Crippen LogP contribution in [0.3, 0.4) is 0 Å². The fourth-order valence-electron chi connectivity index (χ4n) is 6.50. The number of benzene rings is 1. The number of hydrogen-bond acceptors (Lipinski definition) is 3. The molecule has 4 unspecified atom stereocenters. The van der Waals surface area contributed by atoms with Crippen molar-refractivity contribution < 1.29 is 14.2 Å². The van der Waals surface area contributed by atoms with Crippen molar-refractivity contribution in [3.63, 3.8) is 0 Å². The molecule has 0 radical (unpaired) electrons. The summed E-state index contributed by atoms with van der Waals surface area (Å²) in [6.45, 7) is 3.74. The molecule has 0 saturated heterocycles. The second-order valence-corrected chi connectivity index (χ2v) is 8.68. The van der Waals surface area contributed by atoms with Gasteiger partial charge in [0.1, 0.15) is 12.5 Å². The summed E-state index contributed by atoms with van der Waals surface area (Å²) >= 11 is 0. The lowest BCUT2D eigenvalue weighted by atomic mass is 9.65. The van der Waals surface area contributed by atoms with Crippen LogP contribution in [0.15, 0.2) is 42.9 Å². The Labute approximate surface area is 144 Å². The third-order valence-corrected chi connectivity index (χ3v) is 7.21. The quantitative estimate of drug-likeness (QED) is 0.789. The third-order valence-electron chi connectivity index (χ3n) is 7.21. The fourth-order valence-corrected chi connectivity index (χ4v) is 6.50. The Balaban J connectivity index is 1.32. The average molecular weight is 326 g/mol. The van der Waals surface area contributed by atoms with E-state index < -0.39 is 5.79 Å². The van der Waals surface area contributed by atoms with E-state index in [1.54, 1.807) is 12.5 Å². The summed E-state index contributed by atoms with van der Waals surface area (Å²) in [6.07, 6.45) is 9.86. The van der Waals surface area contributed by atoms with Gasteiger partial charge >= 0.3 is 0 Å². The van der Waals surface area contributed by atoms with Crippen molar-refractivity contribution in [1.82, 2.24) is 0 Å². The standard InChI is InChI=1S/C21H26O3/c1-19(23-7-8-24-19)21-11-17-9-18(21)12-20(10-17,14-21)15-22-13-16-5-3-2-4-6-16/h2-8,17-18H,9-15H2,1H3. The van der Waals surface area contributed by atoms with E-state index in [4.69, 9.17) is 14.2 Å². The normalized spacial score (nSPS) is 40.7. The minimum Gasteiger partial charge on any atom is -0.456 e. The predicted molar refractivity (Wildman–Crippen MR) is 90.7 cm³/mol. The first-order valence-electron chi connectivity index (χ1n) is 9.26. The molecule has 1 aromatic rings. The Morgan fingerprint density at radius 3 is 2.67 bits per heavy atom. The minimum atomic E-state index is -0.464. The van der Waals surface area contributed by atoms with E-state index in [9.17, 15) is 0 Å². The van der Waals surface area contributed by atoms with E-state index >= 15 is 0 Å². The summed E-state index contributed by atoms with van der Waals surface area (Å²) in [5, 5.41) is 0. The summed E-state index contributed by atoms with van der Waals surface area (Å²) < 4.78 is 18.1. The van der Waals surface area contributed by atoms with Crippen LogP contribution < -0.4 is 0 Å². The van der Waals surface area contributed by atoms with E-state index in [1.807, 2.05) is 0 Å². The SMILES string of the molecule is CC1(C23CC4CC2CC(COCc2ccccc2)(C4)C3)OC=CO1. The molecular formula is C21H26O3. The van der Waals surface area contributed by atoms with E-state index in [0.717, 1.165) is 25.0 Å². The van der Waals surface area contributed by atoms with Gasteiger partial charge < -0.3 is 14.2 Å². The van der Waals surface area contributed by atoms with Crippen LogP contribution in [0.1, 0.15) is 44.6 Å². The van der Waals surface area contributed by atoms with Crippen LogP contribution in [-0.4, -0.2) is 12.4 Å². The van der Waals surface area contributed by atoms with Gasteiger partial charge in [-0.15, -0.1) is 0 Å². The predicted octanol–water partition coefficient (Wildman–Crippen LogP) is 4.63. The lowest BCUT2D eigenvalue weighted by Gasteiger charge is -2.46. The average Bonchev–Trinajstić information content (AvgIpc) is 3.19. The molecule has 4 fully saturated rings. The highest BCUT2D eigenvalue weighted by Crippen LogP contribution is 2.74. The molecule has 128 valence electrons. The molecule has 1 aliphatic heterocycles. The van der Waals surface area contributed by atoms with Gasteiger partial charge in [-0.2, -0.15) is 0 Å². The van der Waals surface area contributed by atoms with E-state index in [2.05, 4.69) is 37.3 Å². The molecular weight excluding hydrogens is 300 g/mol. The second-order valence-electron chi connectivity index (χ2n) is 8.68. The molecule has 3 nitrogen and oxygen atoms in total. The molecule has 1 aromatic carbocycles. The molecule has 24 heavy (non-hydrogen) atoms. The highest BCUT2D eigenvalue weighted by Gasteiger charge is 2.72. The van der Waals surface area contributed by atoms with Gasteiger partial charge in [-0.25, -0.2) is 0 Å². The van der Waals surface area contributed by atoms with Crippen molar-refractivity contribution in [2.24, 2.45) is 22.7 Å². The summed E-state index contributed by atoms with van der Waals surface area (Å²) in [7, 11) is 0.